The first kappa shape index (κ1) is 14.2. The highest BCUT2D eigenvalue weighted by molar-refractivity contribution is 6.31. The molecule has 21 heavy (non-hydrogen) atoms. The molecule has 0 atom stereocenters. The lowest BCUT2D eigenvalue weighted by atomic mass is 10.2. The minimum atomic E-state index is 0.705. The van der Waals surface area contributed by atoms with Crippen molar-refractivity contribution < 1.29 is 0 Å². The number of pyridine rings is 1. The number of hydrogen-bond acceptors (Lipinski definition) is 4. The molecule has 2 aromatic rings. The minimum Gasteiger partial charge on any atom is -0.397 e. The van der Waals surface area contributed by atoms with E-state index in [4.69, 9.17) is 17.3 Å². The molecule has 2 heterocycles. The van der Waals surface area contributed by atoms with Crippen molar-refractivity contribution in [2.75, 3.05) is 36.8 Å². The summed E-state index contributed by atoms with van der Waals surface area (Å²) >= 11 is 6.22. The molecule has 5 heteroatoms. The lowest BCUT2D eigenvalue weighted by Gasteiger charge is -2.35. The quantitative estimate of drug-likeness (QED) is 0.947. The highest BCUT2D eigenvalue weighted by Crippen LogP contribution is 2.19. The van der Waals surface area contributed by atoms with Crippen LogP contribution in [0.25, 0.3) is 0 Å². The Hall–Kier alpha value is -1.78. The molecule has 0 spiro atoms. The van der Waals surface area contributed by atoms with Crippen molar-refractivity contribution in [3.8, 4) is 0 Å². The second-order valence-electron chi connectivity index (χ2n) is 5.30. The Morgan fingerprint density at radius 2 is 1.81 bits per heavy atom. The molecule has 1 aliphatic rings. The summed E-state index contributed by atoms with van der Waals surface area (Å²) in [6, 6.07) is 11.9. The first-order chi connectivity index (χ1) is 10.2. The van der Waals surface area contributed by atoms with Crippen LogP contribution in [0.15, 0.2) is 42.6 Å². The molecule has 110 valence electrons. The number of aromatic nitrogens is 1. The van der Waals surface area contributed by atoms with Crippen molar-refractivity contribution in [3.05, 3.63) is 53.2 Å². The number of benzene rings is 1. The Balaban J connectivity index is 1.58. The molecule has 1 saturated heterocycles. The van der Waals surface area contributed by atoms with Crippen LogP contribution in [0, 0.1) is 0 Å². The maximum Gasteiger partial charge on any atom is 0.128 e. The summed E-state index contributed by atoms with van der Waals surface area (Å²) in [5, 5.41) is 0.847. The molecule has 0 aliphatic carbocycles. The van der Waals surface area contributed by atoms with Crippen molar-refractivity contribution >= 4 is 23.1 Å². The molecule has 4 nitrogen and oxygen atoms in total. The van der Waals surface area contributed by atoms with Gasteiger partial charge in [-0.2, -0.15) is 0 Å². The van der Waals surface area contributed by atoms with Gasteiger partial charge in [0.25, 0.3) is 0 Å². The molecular weight excluding hydrogens is 284 g/mol. The normalized spacial score (nSPS) is 16.1. The van der Waals surface area contributed by atoms with Gasteiger partial charge in [-0.1, -0.05) is 29.8 Å². The highest BCUT2D eigenvalue weighted by Gasteiger charge is 2.18. The lowest BCUT2D eigenvalue weighted by Crippen LogP contribution is -2.46. The van der Waals surface area contributed by atoms with E-state index in [2.05, 4.69) is 20.9 Å². The fourth-order valence-corrected chi connectivity index (χ4v) is 2.78. The van der Waals surface area contributed by atoms with E-state index in [1.165, 1.54) is 5.56 Å². The largest absolute Gasteiger partial charge is 0.397 e. The first-order valence-electron chi connectivity index (χ1n) is 7.14. The monoisotopic (exact) mass is 302 g/mol. The van der Waals surface area contributed by atoms with E-state index < -0.39 is 0 Å². The van der Waals surface area contributed by atoms with Crippen molar-refractivity contribution in [3.63, 3.8) is 0 Å². The van der Waals surface area contributed by atoms with Crippen LogP contribution in [0.1, 0.15) is 5.56 Å². The van der Waals surface area contributed by atoms with Crippen LogP contribution >= 0.6 is 11.6 Å². The summed E-state index contributed by atoms with van der Waals surface area (Å²) in [5.41, 5.74) is 7.57. The molecule has 1 aromatic carbocycles. The number of halogens is 1. The van der Waals surface area contributed by atoms with E-state index in [-0.39, 0.29) is 0 Å². The summed E-state index contributed by atoms with van der Waals surface area (Å²) in [6.45, 7) is 4.87. The fourth-order valence-electron chi connectivity index (χ4n) is 2.59. The smallest absolute Gasteiger partial charge is 0.128 e. The van der Waals surface area contributed by atoms with E-state index in [1.54, 1.807) is 6.20 Å². The Bertz CT molecular complexity index is 591. The van der Waals surface area contributed by atoms with Gasteiger partial charge in [0.2, 0.25) is 0 Å². The maximum absolute atomic E-state index is 6.22. The second-order valence-corrected chi connectivity index (χ2v) is 5.71. The predicted molar refractivity (Wildman–Crippen MR) is 87.6 cm³/mol. The Labute approximate surface area is 130 Å². The number of piperazine rings is 1. The SMILES string of the molecule is Nc1ccc(N2CCN(Cc3ccccc3Cl)CC2)nc1. The van der Waals surface area contributed by atoms with E-state index in [9.17, 15) is 0 Å². The predicted octanol–water partition coefficient (Wildman–Crippen LogP) is 2.64. The van der Waals surface area contributed by atoms with Crippen LogP contribution in [-0.2, 0) is 6.54 Å². The number of nitrogen functional groups attached to an aromatic ring is 1. The average Bonchev–Trinajstić information content (AvgIpc) is 2.51. The van der Waals surface area contributed by atoms with Gasteiger partial charge in [0.15, 0.2) is 0 Å². The molecule has 2 N–H and O–H groups in total. The van der Waals surface area contributed by atoms with Crippen molar-refractivity contribution in [2.24, 2.45) is 0 Å². The third kappa shape index (κ3) is 3.46. The Kier molecular flexibility index (Phi) is 4.27. The Morgan fingerprint density at radius 3 is 2.48 bits per heavy atom. The summed E-state index contributed by atoms with van der Waals surface area (Å²) in [7, 11) is 0. The summed E-state index contributed by atoms with van der Waals surface area (Å²) in [6.07, 6.45) is 1.71. The minimum absolute atomic E-state index is 0.705. The van der Waals surface area contributed by atoms with Crippen LogP contribution in [0.4, 0.5) is 11.5 Å². The molecular formula is C16H19ClN4. The average molecular weight is 303 g/mol. The molecule has 0 saturated carbocycles. The van der Waals surface area contributed by atoms with Gasteiger partial charge in [-0.05, 0) is 23.8 Å². The third-order valence-corrected chi connectivity index (χ3v) is 4.19. The number of nitrogens with zero attached hydrogens (tertiary/aromatic N) is 3. The molecule has 3 rings (SSSR count). The molecule has 0 amide bonds. The molecule has 0 unspecified atom stereocenters. The van der Waals surface area contributed by atoms with E-state index in [0.29, 0.717) is 5.69 Å². The standard InChI is InChI=1S/C16H19ClN4/c17-15-4-2-1-3-13(15)12-20-7-9-21(10-8-20)16-6-5-14(18)11-19-16/h1-6,11H,7-10,12,18H2. The summed E-state index contributed by atoms with van der Waals surface area (Å²) in [4.78, 5) is 9.11. The van der Waals surface area contributed by atoms with Gasteiger partial charge in [-0.15, -0.1) is 0 Å². The number of hydrogen-bond donors (Lipinski definition) is 1. The van der Waals surface area contributed by atoms with Gasteiger partial charge in [0.1, 0.15) is 5.82 Å². The number of nitrogens with two attached hydrogens (primary N) is 1. The van der Waals surface area contributed by atoms with Crippen LogP contribution in [0.5, 0.6) is 0 Å². The zero-order valence-corrected chi connectivity index (χ0v) is 12.6. The van der Waals surface area contributed by atoms with Gasteiger partial charge < -0.3 is 10.6 Å². The number of rotatable bonds is 3. The van der Waals surface area contributed by atoms with Crippen LogP contribution in [-0.4, -0.2) is 36.1 Å². The topological polar surface area (TPSA) is 45.4 Å². The molecule has 1 aromatic heterocycles. The summed E-state index contributed by atoms with van der Waals surface area (Å²) < 4.78 is 0. The van der Waals surface area contributed by atoms with Gasteiger partial charge in [0.05, 0.1) is 11.9 Å². The Morgan fingerprint density at radius 1 is 1.05 bits per heavy atom. The molecule has 1 fully saturated rings. The third-order valence-electron chi connectivity index (χ3n) is 3.82. The molecule has 0 bridgehead atoms. The van der Waals surface area contributed by atoms with Crippen LogP contribution in [0.3, 0.4) is 0 Å². The van der Waals surface area contributed by atoms with Gasteiger partial charge in [0, 0.05) is 37.7 Å². The van der Waals surface area contributed by atoms with E-state index in [0.717, 1.165) is 43.6 Å². The van der Waals surface area contributed by atoms with Gasteiger partial charge in [-0.25, -0.2) is 4.98 Å². The van der Waals surface area contributed by atoms with Crippen LogP contribution in [0.2, 0.25) is 5.02 Å². The van der Waals surface area contributed by atoms with Crippen LogP contribution < -0.4 is 10.6 Å². The highest BCUT2D eigenvalue weighted by atomic mass is 35.5. The van der Waals surface area contributed by atoms with E-state index in [1.807, 2.05) is 30.3 Å². The zero-order valence-electron chi connectivity index (χ0n) is 11.9. The summed E-state index contributed by atoms with van der Waals surface area (Å²) in [5.74, 6) is 1.00. The maximum atomic E-state index is 6.22. The van der Waals surface area contributed by atoms with Crippen molar-refractivity contribution in [1.29, 1.82) is 0 Å². The zero-order chi connectivity index (χ0) is 14.7. The van der Waals surface area contributed by atoms with E-state index >= 15 is 0 Å². The second kappa shape index (κ2) is 6.33. The van der Waals surface area contributed by atoms with Gasteiger partial charge >= 0.3 is 0 Å². The molecule has 0 radical (unpaired) electrons. The fraction of sp³-hybridized carbons (Fsp3) is 0.312. The molecule has 1 aliphatic heterocycles. The van der Waals surface area contributed by atoms with Crippen molar-refractivity contribution in [1.82, 2.24) is 9.88 Å². The number of anilines is 2. The van der Waals surface area contributed by atoms with Crippen molar-refractivity contribution in [2.45, 2.75) is 6.54 Å². The lowest BCUT2D eigenvalue weighted by molar-refractivity contribution is 0.249. The first-order valence-corrected chi connectivity index (χ1v) is 7.52. The van der Waals surface area contributed by atoms with Gasteiger partial charge in [-0.3, -0.25) is 4.90 Å².